The number of benzene rings is 3. The number of hydrogen-bond acceptors (Lipinski definition) is 5. The molecule has 9 heteroatoms. The van der Waals surface area contributed by atoms with Crippen LogP contribution in [0.3, 0.4) is 0 Å². The van der Waals surface area contributed by atoms with Crippen molar-refractivity contribution in [3.05, 3.63) is 94.8 Å². The standard InChI is InChI=1S/C25H25FN2O5S/c1-16-4-5-17(2)23(14-16)34(31,32)28-21-12-8-19(9-13-21)25(30)27-22(15-24(29)33-3)18-6-10-20(26)11-7-18/h4-14,22,28H,15H2,1-3H3,(H,27,30). The number of hydrogen-bond donors (Lipinski definition) is 2. The smallest absolute Gasteiger partial charge is 0.307 e. The predicted molar refractivity (Wildman–Crippen MR) is 126 cm³/mol. The summed E-state index contributed by atoms with van der Waals surface area (Å²) in [6.07, 6.45) is -0.137. The molecule has 0 aliphatic rings. The van der Waals surface area contributed by atoms with Crippen LogP contribution in [0.2, 0.25) is 0 Å². The van der Waals surface area contributed by atoms with Crippen molar-refractivity contribution in [2.24, 2.45) is 0 Å². The molecule has 0 heterocycles. The van der Waals surface area contributed by atoms with Crippen LogP contribution in [0, 0.1) is 19.7 Å². The van der Waals surface area contributed by atoms with E-state index in [1.807, 2.05) is 13.0 Å². The molecule has 0 spiro atoms. The number of ether oxygens (including phenoxy) is 1. The molecule has 3 rings (SSSR count). The molecule has 0 aliphatic heterocycles. The summed E-state index contributed by atoms with van der Waals surface area (Å²) < 4.78 is 46.1. The van der Waals surface area contributed by atoms with Gasteiger partial charge in [0.15, 0.2) is 0 Å². The van der Waals surface area contributed by atoms with E-state index in [1.165, 1.54) is 55.6 Å². The second kappa shape index (κ2) is 10.5. The number of rotatable bonds is 8. The normalized spacial score (nSPS) is 12.0. The zero-order valence-corrected chi connectivity index (χ0v) is 19.8. The van der Waals surface area contributed by atoms with Crippen LogP contribution in [0.1, 0.15) is 39.5 Å². The lowest BCUT2D eigenvalue weighted by Gasteiger charge is -2.18. The van der Waals surface area contributed by atoms with Crippen LogP contribution in [0.4, 0.5) is 10.1 Å². The third kappa shape index (κ3) is 6.20. The highest BCUT2D eigenvalue weighted by molar-refractivity contribution is 7.92. The lowest BCUT2D eigenvalue weighted by atomic mass is 10.0. The van der Waals surface area contributed by atoms with E-state index in [-0.39, 0.29) is 16.9 Å². The van der Waals surface area contributed by atoms with Gasteiger partial charge in [0.2, 0.25) is 0 Å². The van der Waals surface area contributed by atoms with Gasteiger partial charge in [-0.3, -0.25) is 14.3 Å². The Morgan fingerprint density at radius 1 is 0.971 bits per heavy atom. The fourth-order valence-electron chi connectivity index (χ4n) is 3.34. The van der Waals surface area contributed by atoms with E-state index >= 15 is 0 Å². The predicted octanol–water partition coefficient (Wildman–Crippen LogP) is 4.28. The van der Waals surface area contributed by atoms with Crippen LogP contribution >= 0.6 is 0 Å². The van der Waals surface area contributed by atoms with E-state index < -0.39 is 33.8 Å². The minimum atomic E-state index is -3.81. The Kier molecular flexibility index (Phi) is 7.68. The van der Waals surface area contributed by atoms with Crippen molar-refractivity contribution >= 4 is 27.6 Å². The van der Waals surface area contributed by atoms with Crippen molar-refractivity contribution in [3.63, 3.8) is 0 Å². The third-order valence-electron chi connectivity index (χ3n) is 5.21. The van der Waals surface area contributed by atoms with Crippen LogP contribution in [0.15, 0.2) is 71.6 Å². The number of aryl methyl sites for hydroxylation is 2. The van der Waals surface area contributed by atoms with Crippen LogP contribution in [0.25, 0.3) is 0 Å². The average Bonchev–Trinajstić information content (AvgIpc) is 2.80. The van der Waals surface area contributed by atoms with E-state index in [0.717, 1.165) is 5.56 Å². The first-order valence-corrected chi connectivity index (χ1v) is 11.9. The highest BCUT2D eigenvalue weighted by Crippen LogP contribution is 2.22. The van der Waals surface area contributed by atoms with Gasteiger partial charge in [0.05, 0.1) is 24.5 Å². The largest absolute Gasteiger partial charge is 0.469 e. The van der Waals surface area contributed by atoms with E-state index in [1.54, 1.807) is 19.1 Å². The zero-order valence-electron chi connectivity index (χ0n) is 19.0. The molecular formula is C25H25FN2O5S. The minimum Gasteiger partial charge on any atom is -0.469 e. The Morgan fingerprint density at radius 2 is 1.62 bits per heavy atom. The van der Waals surface area contributed by atoms with Crippen LogP contribution in [0.5, 0.6) is 0 Å². The number of sulfonamides is 1. The first-order valence-electron chi connectivity index (χ1n) is 10.4. The van der Waals surface area contributed by atoms with E-state index in [2.05, 4.69) is 10.0 Å². The highest BCUT2D eigenvalue weighted by Gasteiger charge is 2.21. The Morgan fingerprint density at radius 3 is 2.24 bits per heavy atom. The quantitative estimate of drug-likeness (QED) is 0.465. The third-order valence-corrected chi connectivity index (χ3v) is 6.73. The molecule has 0 radical (unpaired) electrons. The number of carbonyl (C=O) groups excluding carboxylic acids is 2. The molecule has 0 saturated heterocycles. The lowest BCUT2D eigenvalue weighted by Crippen LogP contribution is -2.30. The van der Waals surface area contributed by atoms with Crippen molar-refractivity contribution in [2.75, 3.05) is 11.8 Å². The number of amides is 1. The van der Waals surface area contributed by atoms with Crippen molar-refractivity contribution < 1.29 is 27.1 Å². The number of anilines is 1. The molecule has 0 fully saturated rings. The summed E-state index contributed by atoms with van der Waals surface area (Å²) >= 11 is 0. The number of carbonyl (C=O) groups is 2. The average molecular weight is 485 g/mol. The van der Waals surface area contributed by atoms with Crippen molar-refractivity contribution in [2.45, 2.75) is 31.2 Å². The Labute approximate surface area is 198 Å². The molecule has 1 amide bonds. The van der Waals surface area contributed by atoms with Gasteiger partial charge in [-0.25, -0.2) is 12.8 Å². The maximum absolute atomic E-state index is 13.3. The minimum absolute atomic E-state index is 0.137. The number of halogens is 1. The summed E-state index contributed by atoms with van der Waals surface area (Å²) in [6, 6.07) is 15.8. The Balaban J connectivity index is 1.76. The second-order valence-corrected chi connectivity index (χ2v) is 9.46. The maximum atomic E-state index is 13.3. The molecule has 3 aromatic carbocycles. The van der Waals surface area contributed by atoms with Gasteiger partial charge >= 0.3 is 5.97 Å². The number of nitrogens with one attached hydrogen (secondary N) is 2. The lowest BCUT2D eigenvalue weighted by molar-refractivity contribution is -0.141. The van der Waals surface area contributed by atoms with Gasteiger partial charge < -0.3 is 10.1 Å². The zero-order chi connectivity index (χ0) is 24.9. The Bertz CT molecular complexity index is 1290. The number of esters is 1. The molecule has 34 heavy (non-hydrogen) atoms. The summed E-state index contributed by atoms with van der Waals surface area (Å²) in [5, 5.41) is 2.74. The highest BCUT2D eigenvalue weighted by atomic mass is 32.2. The topological polar surface area (TPSA) is 102 Å². The second-order valence-electron chi connectivity index (χ2n) is 7.81. The summed E-state index contributed by atoms with van der Waals surface area (Å²) in [7, 11) is -2.57. The molecule has 178 valence electrons. The van der Waals surface area contributed by atoms with E-state index in [0.29, 0.717) is 16.8 Å². The molecule has 7 nitrogen and oxygen atoms in total. The monoisotopic (exact) mass is 484 g/mol. The molecule has 0 saturated carbocycles. The van der Waals surface area contributed by atoms with Crippen molar-refractivity contribution in [1.29, 1.82) is 0 Å². The van der Waals surface area contributed by atoms with E-state index in [9.17, 15) is 22.4 Å². The van der Waals surface area contributed by atoms with Gasteiger partial charge in [0, 0.05) is 11.3 Å². The number of methoxy groups -OCH3 is 1. The SMILES string of the molecule is COC(=O)CC(NC(=O)c1ccc(NS(=O)(=O)c2cc(C)ccc2C)cc1)c1ccc(F)cc1. The molecule has 1 atom stereocenters. The van der Waals surface area contributed by atoms with Gasteiger partial charge in [-0.05, 0) is 73.0 Å². The molecule has 2 N–H and O–H groups in total. The summed E-state index contributed by atoms with van der Waals surface area (Å²) in [5.74, 6) is -1.46. The molecule has 3 aromatic rings. The fourth-order valence-corrected chi connectivity index (χ4v) is 4.72. The van der Waals surface area contributed by atoms with Crippen molar-refractivity contribution in [3.8, 4) is 0 Å². The van der Waals surface area contributed by atoms with Gasteiger partial charge in [-0.2, -0.15) is 0 Å². The van der Waals surface area contributed by atoms with Crippen LogP contribution < -0.4 is 10.0 Å². The molecule has 1 unspecified atom stereocenters. The van der Waals surface area contributed by atoms with Gasteiger partial charge in [-0.15, -0.1) is 0 Å². The summed E-state index contributed by atoms with van der Waals surface area (Å²) in [5.41, 5.74) is 2.53. The molecule has 0 aromatic heterocycles. The molecule has 0 bridgehead atoms. The van der Waals surface area contributed by atoms with Gasteiger partial charge in [0.25, 0.3) is 15.9 Å². The summed E-state index contributed by atoms with van der Waals surface area (Å²) in [4.78, 5) is 24.8. The first kappa shape index (κ1) is 24.9. The van der Waals surface area contributed by atoms with Gasteiger partial charge in [0.1, 0.15) is 5.82 Å². The molecular weight excluding hydrogens is 459 g/mol. The summed E-state index contributed by atoms with van der Waals surface area (Å²) in [6.45, 7) is 3.53. The maximum Gasteiger partial charge on any atom is 0.307 e. The van der Waals surface area contributed by atoms with Crippen molar-refractivity contribution in [1.82, 2.24) is 5.32 Å². The Hall–Kier alpha value is -3.72. The first-order chi connectivity index (χ1) is 16.1. The fraction of sp³-hybridized carbons (Fsp3) is 0.200. The molecule has 0 aliphatic carbocycles. The van der Waals surface area contributed by atoms with Crippen LogP contribution in [-0.4, -0.2) is 27.4 Å². The van der Waals surface area contributed by atoms with E-state index in [4.69, 9.17) is 4.74 Å². The van der Waals surface area contributed by atoms with Gasteiger partial charge in [-0.1, -0.05) is 24.3 Å². The van der Waals surface area contributed by atoms with Crippen LogP contribution in [-0.2, 0) is 19.6 Å².